The number of hydrogen-bond acceptors (Lipinski definition) is 3. The first kappa shape index (κ1) is 14.8. The summed E-state index contributed by atoms with van der Waals surface area (Å²) in [5, 5.41) is 12.2. The molecule has 0 spiro atoms. The van der Waals surface area contributed by atoms with E-state index in [9.17, 15) is 9.59 Å². The minimum Gasteiger partial charge on any atom is -0.481 e. The van der Waals surface area contributed by atoms with Crippen molar-refractivity contribution in [3.63, 3.8) is 0 Å². The van der Waals surface area contributed by atoms with Gasteiger partial charge in [-0.05, 0) is 31.4 Å². The molecule has 2 atom stereocenters. The number of rotatable bonds is 3. The SMILES string of the molecule is O=C(N[C@H]1CCC[C@H](C(=O)O)C1)c1c(Cl)nc2ccccn12. The van der Waals surface area contributed by atoms with Crippen molar-refractivity contribution in [1.82, 2.24) is 14.7 Å². The Morgan fingerprint density at radius 2 is 2.18 bits per heavy atom. The molecule has 7 heteroatoms. The number of hydrogen-bond donors (Lipinski definition) is 2. The molecule has 1 aliphatic rings. The van der Waals surface area contributed by atoms with Crippen LogP contribution in [0.2, 0.25) is 5.15 Å². The van der Waals surface area contributed by atoms with Crippen LogP contribution in [0.1, 0.15) is 36.2 Å². The predicted octanol–water partition coefficient (Wildman–Crippen LogP) is 2.36. The maximum Gasteiger partial charge on any atom is 0.306 e. The van der Waals surface area contributed by atoms with Crippen LogP contribution in [0.15, 0.2) is 24.4 Å². The third kappa shape index (κ3) is 2.78. The highest BCUT2D eigenvalue weighted by atomic mass is 35.5. The first-order chi connectivity index (χ1) is 10.6. The van der Waals surface area contributed by atoms with Crippen LogP contribution < -0.4 is 5.32 Å². The number of aliphatic carboxylic acids is 1. The number of carboxylic acids is 1. The highest BCUT2D eigenvalue weighted by Gasteiger charge is 2.29. The summed E-state index contributed by atoms with van der Waals surface area (Å²) in [5.74, 6) is -1.51. The first-order valence-electron chi connectivity index (χ1n) is 7.22. The van der Waals surface area contributed by atoms with E-state index in [1.807, 2.05) is 6.07 Å². The van der Waals surface area contributed by atoms with Crippen molar-refractivity contribution in [2.75, 3.05) is 0 Å². The molecule has 2 heterocycles. The largest absolute Gasteiger partial charge is 0.481 e. The molecule has 1 saturated carbocycles. The summed E-state index contributed by atoms with van der Waals surface area (Å²) < 4.78 is 1.63. The number of fused-ring (bicyclic) bond motifs is 1. The molecule has 0 aromatic carbocycles. The van der Waals surface area contributed by atoms with E-state index in [0.29, 0.717) is 18.5 Å². The van der Waals surface area contributed by atoms with Crippen LogP contribution in [0.5, 0.6) is 0 Å². The van der Waals surface area contributed by atoms with E-state index in [-0.39, 0.29) is 22.8 Å². The molecular formula is C15H16ClN3O3. The lowest BCUT2D eigenvalue weighted by atomic mass is 9.86. The van der Waals surface area contributed by atoms with Gasteiger partial charge in [-0.1, -0.05) is 24.1 Å². The first-order valence-corrected chi connectivity index (χ1v) is 7.60. The maximum atomic E-state index is 12.5. The van der Waals surface area contributed by atoms with Crippen molar-refractivity contribution in [2.24, 2.45) is 5.92 Å². The molecule has 0 saturated heterocycles. The van der Waals surface area contributed by atoms with Crippen molar-refractivity contribution < 1.29 is 14.7 Å². The number of carbonyl (C=O) groups excluding carboxylic acids is 1. The summed E-state index contributed by atoms with van der Waals surface area (Å²) in [6.07, 6.45) is 4.42. The lowest BCUT2D eigenvalue weighted by Crippen LogP contribution is -2.40. The molecule has 0 bridgehead atoms. The van der Waals surface area contributed by atoms with Gasteiger partial charge in [-0.3, -0.25) is 14.0 Å². The second-order valence-electron chi connectivity index (χ2n) is 5.55. The molecule has 1 aliphatic carbocycles. The van der Waals surface area contributed by atoms with E-state index in [1.54, 1.807) is 22.7 Å². The number of imidazole rings is 1. The Balaban J connectivity index is 1.79. The van der Waals surface area contributed by atoms with Gasteiger partial charge in [0.05, 0.1) is 5.92 Å². The molecular weight excluding hydrogens is 306 g/mol. The van der Waals surface area contributed by atoms with Crippen LogP contribution >= 0.6 is 11.6 Å². The van der Waals surface area contributed by atoms with Crippen LogP contribution in [0, 0.1) is 5.92 Å². The summed E-state index contributed by atoms with van der Waals surface area (Å²) in [6, 6.07) is 5.23. The van der Waals surface area contributed by atoms with Crippen LogP contribution in [0.4, 0.5) is 0 Å². The zero-order chi connectivity index (χ0) is 15.7. The number of carboxylic acid groups (broad SMARTS) is 1. The molecule has 22 heavy (non-hydrogen) atoms. The summed E-state index contributed by atoms with van der Waals surface area (Å²) in [5.41, 5.74) is 0.888. The minimum absolute atomic E-state index is 0.146. The Kier molecular flexibility index (Phi) is 4.02. The van der Waals surface area contributed by atoms with Gasteiger partial charge in [0.25, 0.3) is 5.91 Å². The average Bonchev–Trinajstić information content (AvgIpc) is 2.83. The van der Waals surface area contributed by atoms with Crippen molar-refractivity contribution in [1.29, 1.82) is 0 Å². The van der Waals surface area contributed by atoms with Crippen LogP contribution in [-0.4, -0.2) is 32.4 Å². The lowest BCUT2D eigenvalue weighted by molar-refractivity contribution is -0.143. The van der Waals surface area contributed by atoms with Gasteiger partial charge in [-0.15, -0.1) is 0 Å². The molecule has 2 N–H and O–H groups in total. The van der Waals surface area contributed by atoms with Gasteiger partial charge < -0.3 is 10.4 Å². The fourth-order valence-electron chi connectivity index (χ4n) is 2.97. The summed E-state index contributed by atoms with van der Waals surface area (Å²) in [7, 11) is 0. The van der Waals surface area contributed by atoms with Crippen molar-refractivity contribution in [3.05, 3.63) is 35.2 Å². The Labute approximate surface area is 132 Å². The third-order valence-electron chi connectivity index (χ3n) is 4.06. The van der Waals surface area contributed by atoms with Gasteiger partial charge in [-0.2, -0.15) is 0 Å². The highest BCUT2D eigenvalue weighted by molar-refractivity contribution is 6.32. The van der Waals surface area contributed by atoms with E-state index < -0.39 is 11.9 Å². The number of carbonyl (C=O) groups is 2. The van der Waals surface area contributed by atoms with Gasteiger partial charge in [0.2, 0.25) is 0 Å². The predicted molar refractivity (Wildman–Crippen MR) is 81.1 cm³/mol. The lowest BCUT2D eigenvalue weighted by Gasteiger charge is -2.27. The van der Waals surface area contributed by atoms with E-state index in [2.05, 4.69) is 10.3 Å². The van der Waals surface area contributed by atoms with E-state index in [1.165, 1.54) is 0 Å². The maximum absolute atomic E-state index is 12.5. The smallest absolute Gasteiger partial charge is 0.306 e. The second-order valence-corrected chi connectivity index (χ2v) is 5.91. The van der Waals surface area contributed by atoms with Gasteiger partial charge in [0.1, 0.15) is 5.65 Å². The number of amides is 1. The molecule has 1 amide bonds. The molecule has 2 aromatic rings. The van der Waals surface area contributed by atoms with Gasteiger partial charge >= 0.3 is 5.97 Å². The zero-order valence-corrected chi connectivity index (χ0v) is 12.6. The van der Waals surface area contributed by atoms with Gasteiger partial charge in [0, 0.05) is 12.2 Å². The normalized spacial score (nSPS) is 21.7. The second kappa shape index (κ2) is 5.96. The van der Waals surface area contributed by atoms with Crippen molar-refractivity contribution in [2.45, 2.75) is 31.7 Å². The molecule has 116 valence electrons. The van der Waals surface area contributed by atoms with Gasteiger partial charge in [-0.25, -0.2) is 4.98 Å². The number of halogens is 1. The van der Waals surface area contributed by atoms with Crippen molar-refractivity contribution >= 4 is 29.1 Å². The summed E-state index contributed by atoms with van der Waals surface area (Å²) in [4.78, 5) is 27.7. The monoisotopic (exact) mass is 321 g/mol. The standard InChI is InChI=1S/C15H16ClN3O3/c16-13-12(19-7-2-1-6-11(19)18-13)14(20)17-10-5-3-4-9(8-10)15(21)22/h1-2,6-7,9-10H,3-5,8H2,(H,17,20)(H,21,22)/t9-,10-/m0/s1. The van der Waals surface area contributed by atoms with E-state index in [0.717, 1.165) is 12.8 Å². The molecule has 6 nitrogen and oxygen atoms in total. The molecule has 0 unspecified atom stereocenters. The quantitative estimate of drug-likeness (QED) is 0.909. The highest BCUT2D eigenvalue weighted by Crippen LogP contribution is 2.25. The number of nitrogens with zero attached hydrogens (tertiary/aromatic N) is 2. The number of nitrogens with one attached hydrogen (secondary N) is 1. The van der Waals surface area contributed by atoms with E-state index >= 15 is 0 Å². The molecule has 3 rings (SSSR count). The average molecular weight is 322 g/mol. The Morgan fingerprint density at radius 3 is 2.95 bits per heavy atom. The van der Waals surface area contributed by atoms with Crippen LogP contribution in [0.3, 0.4) is 0 Å². The van der Waals surface area contributed by atoms with Crippen molar-refractivity contribution in [3.8, 4) is 0 Å². The van der Waals surface area contributed by atoms with Crippen LogP contribution in [0.25, 0.3) is 5.65 Å². The Bertz CT molecular complexity index is 728. The zero-order valence-electron chi connectivity index (χ0n) is 11.8. The van der Waals surface area contributed by atoms with Gasteiger partial charge in [0.15, 0.2) is 10.8 Å². The molecule has 2 aromatic heterocycles. The fourth-order valence-corrected chi connectivity index (χ4v) is 3.23. The molecule has 0 aliphatic heterocycles. The minimum atomic E-state index is -0.799. The molecule has 0 radical (unpaired) electrons. The van der Waals surface area contributed by atoms with Crippen LogP contribution in [-0.2, 0) is 4.79 Å². The fraction of sp³-hybridized carbons (Fsp3) is 0.400. The van der Waals surface area contributed by atoms with E-state index in [4.69, 9.17) is 16.7 Å². The summed E-state index contributed by atoms with van der Waals surface area (Å²) >= 11 is 6.07. The number of pyridine rings is 1. The Hall–Kier alpha value is -2.08. The molecule has 1 fully saturated rings. The Morgan fingerprint density at radius 1 is 1.36 bits per heavy atom. The third-order valence-corrected chi connectivity index (χ3v) is 4.32. The summed E-state index contributed by atoms with van der Waals surface area (Å²) in [6.45, 7) is 0. The number of aromatic nitrogens is 2. The topological polar surface area (TPSA) is 83.7 Å².